The summed E-state index contributed by atoms with van der Waals surface area (Å²) in [5, 5.41) is 14.2. The van der Waals surface area contributed by atoms with Crippen LogP contribution in [-0.4, -0.2) is 38.2 Å². The quantitative estimate of drug-likeness (QED) is 0.491. The van der Waals surface area contributed by atoms with Gasteiger partial charge in [-0.25, -0.2) is 4.98 Å². The predicted molar refractivity (Wildman–Crippen MR) is 107 cm³/mol. The van der Waals surface area contributed by atoms with Crippen molar-refractivity contribution >= 4 is 23.4 Å². The molecular formula is C19H22N8O2. The minimum atomic E-state index is -0.718. The van der Waals surface area contributed by atoms with Crippen LogP contribution in [0.3, 0.4) is 0 Å². The molecule has 29 heavy (non-hydrogen) atoms. The molecule has 2 aromatic heterocycles. The van der Waals surface area contributed by atoms with Gasteiger partial charge in [-0.3, -0.25) is 4.79 Å². The Morgan fingerprint density at radius 3 is 2.62 bits per heavy atom. The number of nitrogens with zero attached hydrogens (tertiary/aromatic N) is 4. The zero-order valence-electron chi connectivity index (χ0n) is 15.7. The first-order valence-corrected chi connectivity index (χ1v) is 9.44. The van der Waals surface area contributed by atoms with Gasteiger partial charge in [0.1, 0.15) is 6.26 Å². The van der Waals surface area contributed by atoms with Gasteiger partial charge in [0.2, 0.25) is 11.8 Å². The van der Waals surface area contributed by atoms with Crippen LogP contribution in [0.4, 0.5) is 17.5 Å². The summed E-state index contributed by atoms with van der Waals surface area (Å²) in [5.74, 6) is 0.331. The lowest BCUT2D eigenvalue weighted by molar-refractivity contribution is 0.0995. The van der Waals surface area contributed by atoms with Gasteiger partial charge < -0.3 is 26.5 Å². The van der Waals surface area contributed by atoms with Gasteiger partial charge in [-0.15, -0.1) is 10.2 Å². The second kappa shape index (κ2) is 8.23. The number of nitrogens with one attached hydrogen (secondary N) is 2. The molecule has 6 N–H and O–H groups in total. The monoisotopic (exact) mass is 394 g/mol. The highest BCUT2D eigenvalue weighted by atomic mass is 16.3. The highest BCUT2D eigenvalue weighted by Crippen LogP contribution is 2.24. The van der Waals surface area contributed by atoms with Gasteiger partial charge >= 0.3 is 0 Å². The van der Waals surface area contributed by atoms with E-state index in [0.717, 1.165) is 31.2 Å². The van der Waals surface area contributed by atoms with Crippen molar-refractivity contribution in [3.05, 3.63) is 42.4 Å². The van der Waals surface area contributed by atoms with Gasteiger partial charge in [0.25, 0.3) is 5.91 Å². The van der Waals surface area contributed by atoms with Crippen molar-refractivity contribution in [2.45, 2.75) is 37.8 Å². The smallest absolute Gasteiger partial charge is 0.273 e. The summed E-state index contributed by atoms with van der Waals surface area (Å²) in [5.41, 5.74) is 13.1. The van der Waals surface area contributed by atoms with Crippen LogP contribution in [0.1, 0.15) is 36.2 Å². The minimum Gasteiger partial charge on any atom is -0.445 e. The topological polar surface area (TPSA) is 158 Å². The largest absolute Gasteiger partial charge is 0.445 e. The molecular weight excluding hydrogens is 372 g/mol. The number of carbonyl (C=O) groups excluding carboxylic acids is 1. The molecule has 0 radical (unpaired) electrons. The van der Waals surface area contributed by atoms with Gasteiger partial charge in [-0.1, -0.05) is 12.8 Å². The Hall–Kier alpha value is -3.53. The summed E-state index contributed by atoms with van der Waals surface area (Å²) in [6.07, 6.45) is 7.20. The average molecular weight is 394 g/mol. The molecule has 1 aliphatic rings. The zero-order valence-corrected chi connectivity index (χ0v) is 15.7. The summed E-state index contributed by atoms with van der Waals surface area (Å²) in [6, 6.07) is 7.41. The number of hydrogen-bond donors (Lipinski definition) is 4. The van der Waals surface area contributed by atoms with E-state index in [0.29, 0.717) is 17.5 Å². The molecule has 1 fully saturated rings. The molecule has 0 unspecified atom stereocenters. The molecule has 1 amide bonds. The van der Waals surface area contributed by atoms with E-state index >= 15 is 0 Å². The van der Waals surface area contributed by atoms with Crippen LogP contribution in [0, 0.1) is 0 Å². The first kappa shape index (κ1) is 18.8. The van der Waals surface area contributed by atoms with E-state index in [2.05, 4.69) is 30.8 Å². The SMILES string of the molecule is NC(=O)c1nnc(N[C@@H]2CCCC[C@@H]2N)nc1Nc1ccc(-c2ncco2)cc1. The molecule has 10 heteroatoms. The third kappa shape index (κ3) is 4.32. The average Bonchev–Trinajstić information content (AvgIpc) is 3.25. The Balaban J connectivity index is 1.55. The van der Waals surface area contributed by atoms with Crippen molar-refractivity contribution in [1.29, 1.82) is 0 Å². The number of amides is 1. The summed E-state index contributed by atoms with van der Waals surface area (Å²) in [7, 11) is 0. The Labute approximate surface area is 167 Å². The normalized spacial score (nSPS) is 18.9. The molecule has 2 atom stereocenters. The highest BCUT2D eigenvalue weighted by Gasteiger charge is 2.23. The summed E-state index contributed by atoms with van der Waals surface area (Å²) in [6.45, 7) is 0. The Kier molecular flexibility index (Phi) is 5.34. The van der Waals surface area contributed by atoms with Crippen LogP contribution >= 0.6 is 0 Å². The number of primary amides is 1. The van der Waals surface area contributed by atoms with E-state index in [1.807, 2.05) is 24.3 Å². The van der Waals surface area contributed by atoms with E-state index in [4.69, 9.17) is 15.9 Å². The fourth-order valence-corrected chi connectivity index (χ4v) is 3.34. The molecule has 150 valence electrons. The lowest BCUT2D eigenvalue weighted by Crippen LogP contribution is -2.43. The van der Waals surface area contributed by atoms with E-state index < -0.39 is 5.91 Å². The van der Waals surface area contributed by atoms with Gasteiger partial charge in [0, 0.05) is 23.3 Å². The molecule has 1 aromatic carbocycles. The molecule has 1 aliphatic carbocycles. The second-order valence-corrected chi connectivity index (χ2v) is 6.94. The second-order valence-electron chi connectivity index (χ2n) is 6.94. The van der Waals surface area contributed by atoms with Crippen LogP contribution < -0.4 is 22.1 Å². The molecule has 0 spiro atoms. The van der Waals surface area contributed by atoms with Gasteiger partial charge in [-0.05, 0) is 37.1 Å². The van der Waals surface area contributed by atoms with Crippen LogP contribution in [0.25, 0.3) is 11.5 Å². The maximum Gasteiger partial charge on any atom is 0.273 e. The van der Waals surface area contributed by atoms with Crippen molar-refractivity contribution in [3.8, 4) is 11.5 Å². The van der Waals surface area contributed by atoms with Crippen LogP contribution in [0.5, 0.6) is 0 Å². The van der Waals surface area contributed by atoms with E-state index in [1.165, 1.54) is 6.26 Å². The number of hydrogen-bond acceptors (Lipinski definition) is 9. The third-order valence-corrected chi connectivity index (χ3v) is 4.88. The van der Waals surface area contributed by atoms with Crippen molar-refractivity contribution < 1.29 is 9.21 Å². The molecule has 0 saturated heterocycles. The molecule has 4 rings (SSSR count). The number of oxazole rings is 1. The molecule has 2 heterocycles. The molecule has 3 aromatic rings. The molecule has 10 nitrogen and oxygen atoms in total. The van der Waals surface area contributed by atoms with Gasteiger partial charge in [0.15, 0.2) is 11.5 Å². The lowest BCUT2D eigenvalue weighted by atomic mass is 9.91. The number of benzene rings is 1. The van der Waals surface area contributed by atoms with Gasteiger partial charge in [-0.2, -0.15) is 4.98 Å². The summed E-state index contributed by atoms with van der Waals surface area (Å²) in [4.78, 5) is 20.3. The number of anilines is 3. The minimum absolute atomic E-state index is 0.0299. The standard InChI is InChI=1S/C19H22N8O2/c20-13-3-1-2-4-14(13)24-19-25-17(15(16(21)28)26-27-19)23-12-7-5-11(6-8-12)18-22-9-10-29-18/h5-10,13-14H,1-4,20H2,(H2,21,28)(H2,23,24,25,27)/t13-,14+/m0/s1. The highest BCUT2D eigenvalue weighted by molar-refractivity contribution is 5.96. The Bertz CT molecular complexity index is 974. The molecule has 0 bridgehead atoms. The number of rotatable bonds is 6. The van der Waals surface area contributed by atoms with E-state index in [9.17, 15) is 4.79 Å². The van der Waals surface area contributed by atoms with Crippen LogP contribution in [0.2, 0.25) is 0 Å². The maximum absolute atomic E-state index is 11.8. The van der Waals surface area contributed by atoms with E-state index in [1.54, 1.807) is 6.20 Å². The van der Waals surface area contributed by atoms with Crippen molar-refractivity contribution in [2.24, 2.45) is 11.5 Å². The number of carbonyl (C=O) groups is 1. The zero-order chi connectivity index (χ0) is 20.2. The predicted octanol–water partition coefficient (Wildman–Crippen LogP) is 2.05. The van der Waals surface area contributed by atoms with Gasteiger partial charge in [0.05, 0.1) is 6.20 Å². The van der Waals surface area contributed by atoms with Crippen molar-refractivity contribution in [1.82, 2.24) is 20.2 Å². The van der Waals surface area contributed by atoms with Crippen molar-refractivity contribution in [3.63, 3.8) is 0 Å². The van der Waals surface area contributed by atoms with Crippen LogP contribution in [-0.2, 0) is 0 Å². The lowest BCUT2D eigenvalue weighted by Gasteiger charge is -2.29. The summed E-state index contributed by atoms with van der Waals surface area (Å²) < 4.78 is 5.28. The fraction of sp³-hybridized carbons (Fsp3) is 0.316. The number of nitrogens with two attached hydrogens (primary N) is 2. The molecule has 0 aliphatic heterocycles. The third-order valence-electron chi connectivity index (χ3n) is 4.88. The van der Waals surface area contributed by atoms with Crippen LogP contribution in [0.15, 0.2) is 41.1 Å². The first-order chi connectivity index (χ1) is 14.1. The number of aromatic nitrogens is 4. The molecule has 1 saturated carbocycles. The summed E-state index contributed by atoms with van der Waals surface area (Å²) >= 11 is 0. The first-order valence-electron chi connectivity index (χ1n) is 9.44. The van der Waals surface area contributed by atoms with E-state index in [-0.39, 0.29) is 23.6 Å². The Morgan fingerprint density at radius 1 is 1.14 bits per heavy atom. The Morgan fingerprint density at radius 2 is 1.93 bits per heavy atom. The fourth-order valence-electron chi connectivity index (χ4n) is 3.34. The maximum atomic E-state index is 11.8. The van der Waals surface area contributed by atoms with Crippen molar-refractivity contribution in [2.75, 3.05) is 10.6 Å².